The monoisotopic (exact) mass is 413 g/mol. The van der Waals surface area contributed by atoms with E-state index in [9.17, 15) is 4.79 Å². The molecule has 8 nitrogen and oxygen atoms in total. The van der Waals surface area contributed by atoms with E-state index in [2.05, 4.69) is 53.5 Å². The van der Waals surface area contributed by atoms with Gasteiger partial charge in [0.25, 0.3) is 0 Å². The fourth-order valence-electron chi connectivity index (χ4n) is 3.24. The normalized spacial score (nSPS) is 18.5. The molecule has 2 atom stereocenters. The minimum atomic E-state index is -0.512. The number of alkyl carbamates (subject to hydrolysis) is 1. The van der Waals surface area contributed by atoms with E-state index in [1.807, 2.05) is 20.8 Å². The van der Waals surface area contributed by atoms with E-state index >= 15 is 0 Å². The van der Waals surface area contributed by atoms with Gasteiger partial charge in [0.1, 0.15) is 5.60 Å². The number of guanidine groups is 1. The van der Waals surface area contributed by atoms with E-state index in [0.29, 0.717) is 18.5 Å². The van der Waals surface area contributed by atoms with Crippen LogP contribution in [0.3, 0.4) is 0 Å². The van der Waals surface area contributed by atoms with Crippen molar-refractivity contribution in [1.82, 2.24) is 20.9 Å². The third-order valence-electron chi connectivity index (χ3n) is 4.98. The van der Waals surface area contributed by atoms with Crippen molar-refractivity contribution in [2.45, 2.75) is 66.2 Å². The van der Waals surface area contributed by atoms with Crippen LogP contribution >= 0.6 is 0 Å². The van der Waals surface area contributed by atoms with Crippen molar-refractivity contribution in [1.29, 1.82) is 0 Å². The molecule has 1 aliphatic rings. The molecular weight excluding hydrogens is 370 g/mol. The minimum Gasteiger partial charge on any atom is -0.444 e. The van der Waals surface area contributed by atoms with Gasteiger partial charge in [-0.15, -0.1) is 0 Å². The van der Waals surface area contributed by atoms with Crippen LogP contribution in [0.15, 0.2) is 4.99 Å². The Morgan fingerprint density at radius 3 is 2.14 bits per heavy atom. The lowest BCUT2D eigenvalue weighted by molar-refractivity contribution is 0.00751. The van der Waals surface area contributed by atoms with Crippen LogP contribution in [0.4, 0.5) is 4.79 Å². The lowest BCUT2D eigenvalue weighted by atomic mass is 10.0. The first-order valence-corrected chi connectivity index (χ1v) is 10.8. The van der Waals surface area contributed by atoms with Gasteiger partial charge in [0.05, 0.1) is 19.3 Å². The van der Waals surface area contributed by atoms with Crippen LogP contribution < -0.4 is 16.0 Å². The Balaban J connectivity index is 2.55. The standard InChI is InChI=1S/C21H43N5O3/c1-15(2)17(25-20(27)29-21(5,6)7)13-23-19(22-8)24-14-18(16(3)4)26-9-11-28-12-10-26/h15-18H,9-14H2,1-8H3,(H,25,27)(H2,22,23,24). The summed E-state index contributed by atoms with van der Waals surface area (Å²) in [5, 5.41) is 9.75. The molecule has 1 amide bonds. The van der Waals surface area contributed by atoms with Gasteiger partial charge in [-0.3, -0.25) is 9.89 Å². The van der Waals surface area contributed by atoms with Crippen LogP contribution in [0.1, 0.15) is 48.5 Å². The van der Waals surface area contributed by atoms with Crippen LogP contribution in [0.2, 0.25) is 0 Å². The first kappa shape index (κ1) is 25.5. The SMILES string of the molecule is CN=C(NCC(NC(=O)OC(C)(C)C)C(C)C)NCC(C(C)C)N1CCOCC1. The molecule has 0 aromatic rings. The van der Waals surface area contributed by atoms with E-state index in [4.69, 9.17) is 9.47 Å². The van der Waals surface area contributed by atoms with Crippen molar-refractivity contribution < 1.29 is 14.3 Å². The van der Waals surface area contributed by atoms with Crippen LogP contribution in [-0.4, -0.2) is 81.1 Å². The Kier molecular flexibility index (Phi) is 10.7. The van der Waals surface area contributed by atoms with Crippen LogP contribution in [-0.2, 0) is 9.47 Å². The molecule has 0 bridgehead atoms. The molecular formula is C21H43N5O3. The fourth-order valence-corrected chi connectivity index (χ4v) is 3.24. The molecule has 1 rings (SSSR count). The third kappa shape index (κ3) is 10.2. The molecule has 1 aliphatic heterocycles. The fraction of sp³-hybridized carbons (Fsp3) is 0.905. The van der Waals surface area contributed by atoms with E-state index in [1.165, 1.54) is 0 Å². The molecule has 170 valence electrons. The Labute approximate surface area is 177 Å². The van der Waals surface area contributed by atoms with Gasteiger partial charge >= 0.3 is 6.09 Å². The van der Waals surface area contributed by atoms with Crippen LogP contribution in [0.5, 0.6) is 0 Å². The molecule has 0 radical (unpaired) electrons. The zero-order chi connectivity index (χ0) is 22.0. The Morgan fingerprint density at radius 2 is 1.66 bits per heavy atom. The number of morpholine rings is 1. The second-order valence-corrected chi connectivity index (χ2v) is 9.29. The molecule has 1 saturated heterocycles. The molecule has 1 fully saturated rings. The molecule has 8 heteroatoms. The first-order chi connectivity index (χ1) is 13.5. The highest BCUT2D eigenvalue weighted by Gasteiger charge is 2.25. The van der Waals surface area contributed by atoms with Gasteiger partial charge in [-0.05, 0) is 32.6 Å². The average molecular weight is 414 g/mol. The maximum atomic E-state index is 12.1. The Morgan fingerprint density at radius 1 is 1.07 bits per heavy atom. The summed E-state index contributed by atoms with van der Waals surface area (Å²) in [4.78, 5) is 19.0. The van der Waals surface area contributed by atoms with Gasteiger partial charge in [0, 0.05) is 39.3 Å². The highest BCUT2D eigenvalue weighted by atomic mass is 16.6. The Hall–Kier alpha value is -1.54. The number of hydrogen-bond acceptors (Lipinski definition) is 5. The first-order valence-electron chi connectivity index (χ1n) is 10.8. The average Bonchev–Trinajstić information content (AvgIpc) is 2.62. The van der Waals surface area contributed by atoms with E-state index in [-0.39, 0.29) is 12.0 Å². The molecule has 29 heavy (non-hydrogen) atoms. The lowest BCUT2D eigenvalue weighted by Crippen LogP contribution is -2.54. The highest BCUT2D eigenvalue weighted by molar-refractivity contribution is 5.79. The van der Waals surface area contributed by atoms with Gasteiger partial charge in [-0.25, -0.2) is 4.79 Å². The maximum Gasteiger partial charge on any atom is 0.407 e. The van der Waals surface area contributed by atoms with Crippen molar-refractivity contribution >= 4 is 12.1 Å². The quantitative estimate of drug-likeness (QED) is 0.417. The summed E-state index contributed by atoms with van der Waals surface area (Å²) in [6, 6.07) is 0.349. The lowest BCUT2D eigenvalue weighted by Gasteiger charge is -2.37. The number of nitrogens with one attached hydrogen (secondary N) is 3. The van der Waals surface area contributed by atoms with E-state index in [1.54, 1.807) is 7.05 Å². The summed E-state index contributed by atoms with van der Waals surface area (Å²) < 4.78 is 10.9. The predicted octanol–water partition coefficient (Wildman–Crippen LogP) is 2.06. The minimum absolute atomic E-state index is 0.0662. The van der Waals surface area contributed by atoms with Gasteiger partial charge in [-0.1, -0.05) is 27.7 Å². The highest BCUT2D eigenvalue weighted by Crippen LogP contribution is 2.12. The van der Waals surface area contributed by atoms with Crippen molar-refractivity contribution in [3.05, 3.63) is 0 Å². The summed E-state index contributed by atoms with van der Waals surface area (Å²) in [6.45, 7) is 19.1. The molecule has 1 heterocycles. The summed E-state index contributed by atoms with van der Waals surface area (Å²) in [7, 11) is 1.76. The number of carbonyl (C=O) groups is 1. The number of nitrogens with zero attached hydrogens (tertiary/aromatic N) is 2. The second kappa shape index (κ2) is 12.2. The number of amides is 1. The molecule has 0 saturated carbocycles. The van der Waals surface area contributed by atoms with Gasteiger partial charge in [0.15, 0.2) is 5.96 Å². The predicted molar refractivity (Wildman–Crippen MR) is 118 cm³/mol. The van der Waals surface area contributed by atoms with Gasteiger partial charge < -0.3 is 25.4 Å². The smallest absolute Gasteiger partial charge is 0.407 e. The molecule has 3 N–H and O–H groups in total. The summed E-state index contributed by atoms with van der Waals surface area (Å²) >= 11 is 0. The number of ether oxygens (including phenoxy) is 2. The van der Waals surface area contributed by atoms with Gasteiger partial charge in [0.2, 0.25) is 0 Å². The molecule has 0 aliphatic carbocycles. The van der Waals surface area contributed by atoms with E-state index in [0.717, 1.165) is 38.8 Å². The van der Waals surface area contributed by atoms with Gasteiger partial charge in [-0.2, -0.15) is 0 Å². The van der Waals surface area contributed by atoms with Crippen molar-refractivity contribution in [3.63, 3.8) is 0 Å². The summed E-state index contributed by atoms with van der Waals surface area (Å²) in [6.07, 6.45) is -0.395. The number of aliphatic imine (C=N–C) groups is 1. The summed E-state index contributed by atoms with van der Waals surface area (Å²) in [5.41, 5.74) is -0.512. The van der Waals surface area contributed by atoms with Crippen LogP contribution in [0, 0.1) is 11.8 Å². The zero-order valence-electron chi connectivity index (χ0n) is 19.7. The maximum absolute atomic E-state index is 12.1. The zero-order valence-corrected chi connectivity index (χ0v) is 19.7. The van der Waals surface area contributed by atoms with E-state index < -0.39 is 11.7 Å². The largest absolute Gasteiger partial charge is 0.444 e. The molecule has 0 spiro atoms. The van der Waals surface area contributed by atoms with Crippen molar-refractivity contribution in [2.75, 3.05) is 46.4 Å². The van der Waals surface area contributed by atoms with Crippen LogP contribution in [0.25, 0.3) is 0 Å². The molecule has 2 unspecified atom stereocenters. The number of hydrogen-bond donors (Lipinski definition) is 3. The van der Waals surface area contributed by atoms with Crippen molar-refractivity contribution in [3.8, 4) is 0 Å². The summed E-state index contributed by atoms with van der Waals surface area (Å²) in [5.74, 6) is 1.52. The number of rotatable bonds is 8. The Bertz CT molecular complexity index is 511. The number of carbonyl (C=O) groups excluding carboxylic acids is 1. The second-order valence-electron chi connectivity index (χ2n) is 9.29. The molecule has 0 aromatic heterocycles. The third-order valence-corrected chi connectivity index (χ3v) is 4.98. The molecule has 0 aromatic carbocycles. The van der Waals surface area contributed by atoms with Crippen molar-refractivity contribution in [2.24, 2.45) is 16.8 Å². The topological polar surface area (TPSA) is 87.2 Å².